The first-order valence-corrected chi connectivity index (χ1v) is 6.73. The van der Waals surface area contributed by atoms with E-state index in [0.29, 0.717) is 25.3 Å². The summed E-state index contributed by atoms with van der Waals surface area (Å²) in [4.78, 5) is 12.2. The van der Waals surface area contributed by atoms with Gasteiger partial charge in [-0.05, 0) is 19.9 Å². The van der Waals surface area contributed by atoms with Crippen LogP contribution in [0, 0.1) is 5.82 Å². The van der Waals surface area contributed by atoms with Gasteiger partial charge in [-0.1, -0.05) is 18.2 Å². The van der Waals surface area contributed by atoms with Gasteiger partial charge in [-0.3, -0.25) is 4.79 Å². The van der Waals surface area contributed by atoms with Gasteiger partial charge in [-0.15, -0.1) is 0 Å². The Morgan fingerprint density at radius 2 is 1.95 bits per heavy atom. The minimum Gasteiger partial charge on any atom is -0.383 e. The second-order valence-electron chi connectivity index (χ2n) is 5.10. The lowest BCUT2D eigenvalue weighted by Crippen LogP contribution is -2.43. The van der Waals surface area contributed by atoms with Crippen molar-refractivity contribution in [2.24, 2.45) is 0 Å². The summed E-state index contributed by atoms with van der Waals surface area (Å²) in [5.74, 6) is -0.540. The van der Waals surface area contributed by atoms with Crippen molar-refractivity contribution in [3.63, 3.8) is 0 Å². The zero-order chi connectivity index (χ0) is 15.0. The van der Waals surface area contributed by atoms with Crippen molar-refractivity contribution in [2.75, 3.05) is 33.4 Å². The van der Waals surface area contributed by atoms with Crippen molar-refractivity contribution in [3.8, 4) is 0 Å². The van der Waals surface area contributed by atoms with Gasteiger partial charge in [0.2, 0.25) is 5.91 Å². The molecule has 0 aliphatic rings. The number of hydrogen-bond donors (Lipinski definition) is 2. The van der Waals surface area contributed by atoms with Gasteiger partial charge in [0.1, 0.15) is 5.82 Å². The summed E-state index contributed by atoms with van der Waals surface area (Å²) >= 11 is 0. The molecule has 0 aliphatic heterocycles. The highest BCUT2D eigenvalue weighted by molar-refractivity contribution is 5.87. The van der Waals surface area contributed by atoms with E-state index in [1.807, 2.05) is 0 Å². The molecule has 0 unspecified atom stereocenters. The Morgan fingerprint density at radius 3 is 2.60 bits per heavy atom. The molecule has 0 atom stereocenters. The van der Waals surface area contributed by atoms with Crippen LogP contribution in [0.25, 0.3) is 0 Å². The largest absolute Gasteiger partial charge is 0.383 e. The fraction of sp³-hybridized carbons (Fsp3) is 0.533. The smallest absolute Gasteiger partial charge is 0.230 e. The van der Waals surface area contributed by atoms with Crippen LogP contribution in [0.1, 0.15) is 19.4 Å². The van der Waals surface area contributed by atoms with Gasteiger partial charge >= 0.3 is 0 Å². The zero-order valence-electron chi connectivity index (χ0n) is 12.3. The van der Waals surface area contributed by atoms with Crippen LogP contribution in [-0.4, -0.2) is 39.3 Å². The van der Waals surface area contributed by atoms with E-state index in [-0.39, 0.29) is 11.7 Å². The Kier molecular flexibility index (Phi) is 6.61. The van der Waals surface area contributed by atoms with Crippen molar-refractivity contribution < 1.29 is 13.9 Å². The lowest BCUT2D eigenvalue weighted by molar-refractivity contribution is -0.125. The molecule has 1 rings (SSSR count). The molecule has 112 valence electrons. The number of ether oxygens (including phenoxy) is 1. The zero-order valence-corrected chi connectivity index (χ0v) is 12.3. The monoisotopic (exact) mass is 282 g/mol. The number of carbonyl (C=O) groups excluding carboxylic acids is 1. The van der Waals surface area contributed by atoms with Crippen molar-refractivity contribution in [1.82, 2.24) is 10.6 Å². The summed E-state index contributed by atoms with van der Waals surface area (Å²) < 4.78 is 18.7. The van der Waals surface area contributed by atoms with Crippen LogP contribution in [-0.2, 0) is 14.9 Å². The Morgan fingerprint density at radius 1 is 1.25 bits per heavy atom. The number of methoxy groups -OCH3 is 1. The average Bonchev–Trinajstić information content (AvgIpc) is 2.42. The Balaban J connectivity index is 2.47. The third-order valence-electron chi connectivity index (χ3n) is 3.19. The maximum atomic E-state index is 13.8. The first kappa shape index (κ1) is 16.6. The Labute approximate surface area is 119 Å². The first-order chi connectivity index (χ1) is 9.50. The van der Waals surface area contributed by atoms with Crippen LogP contribution in [0.4, 0.5) is 4.39 Å². The summed E-state index contributed by atoms with van der Waals surface area (Å²) in [6.45, 7) is 5.97. The van der Waals surface area contributed by atoms with Crippen LogP contribution < -0.4 is 10.6 Å². The quantitative estimate of drug-likeness (QED) is 0.710. The number of hydrogen-bond acceptors (Lipinski definition) is 3. The summed E-state index contributed by atoms with van der Waals surface area (Å²) in [5.41, 5.74) is -0.484. The molecule has 0 aromatic heterocycles. The molecule has 5 heteroatoms. The molecule has 2 N–H and O–H groups in total. The molecule has 1 aromatic carbocycles. The molecule has 4 nitrogen and oxygen atoms in total. The van der Waals surface area contributed by atoms with Crippen molar-refractivity contribution >= 4 is 5.91 Å². The first-order valence-electron chi connectivity index (χ1n) is 6.73. The van der Waals surface area contributed by atoms with Crippen molar-refractivity contribution in [2.45, 2.75) is 19.3 Å². The molecule has 1 aromatic rings. The van der Waals surface area contributed by atoms with Crippen LogP contribution in [0.3, 0.4) is 0 Å². The third kappa shape index (κ3) is 4.58. The molecule has 0 heterocycles. The van der Waals surface area contributed by atoms with E-state index < -0.39 is 5.41 Å². The van der Waals surface area contributed by atoms with Crippen LogP contribution >= 0.6 is 0 Å². The molecule has 0 aliphatic carbocycles. The van der Waals surface area contributed by atoms with Gasteiger partial charge in [0.15, 0.2) is 0 Å². The highest BCUT2D eigenvalue weighted by Crippen LogP contribution is 2.25. The van der Waals surface area contributed by atoms with Gasteiger partial charge in [-0.25, -0.2) is 4.39 Å². The van der Waals surface area contributed by atoms with E-state index in [0.717, 1.165) is 6.54 Å². The fourth-order valence-electron chi connectivity index (χ4n) is 1.88. The highest BCUT2D eigenvalue weighted by atomic mass is 19.1. The number of rotatable bonds is 8. The standard InChI is InChI=1S/C15H23FN2O2/c1-15(2,12-6-4-5-7-13(12)16)14(19)18-9-8-17-10-11-20-3/h4-7,17H,8-11H2,1-3H3,(H,18,19). The van der Waals surface area contributed by atoms with E-state index in [1.54, 1.807) is 39.2 Å². The van der Waals surface area contributed by atoms with E-state index in [9.17, 15) is 9.18 Å². The Bertz CT molecular complexity index is 436. The molecule has 20 heavy (non-hydrogen) atoms. The number of benzene rings is 1. The lowest BCUT2D eigenvalue weighted by Gasteiger charge is -2.24. The molecule has 0 spiro atoms. The van der Waals surface area contributed by atoms with Crippen molar-refractivity contribution in [1.29, 1.82) is 0 Å². The third-order valence-corrected chi connectivity index (χ3v) is 3.19. The van der Waals surface area contributed by atoms with Crippen LogP contribution in [0.15, 0.2) is 24.3 Å². The normalized spacial score (nSPS) is 11.4. The molecule has 1 amide bonds. The number of halogens is 1. The van der Waals surface area contributed by atoms with E-state index in [2.05, 4.69) is 10.6 Å². The van der Waals surface area contributed by atoms with E-state index >= 15 is 0 Å². The highest BCUT2D eigenvalue weighted by Gasteiger charge is 2.31. The number of nitrogens with one attached hydrogen (secondary N) is 2. The lowest BCUT2D eigenvalue weighted by atomic mass is 9.83. The molecular formula is C15H23FN2O2. The maximum absolute atomic E-state index is 13.8. The SMILES string of the molecule is COCCNCCNC(=O)C(C)(C)c1ccccc1F. The van der Waals surface area contributed by atoms with Crippen LogP contribution in [0.2, 0.25) is 0 Å². The summed E-state index contributed by atoms with van der Waals surface area (Å²) in [6.07, 6.45) is 0. The van der Waals surface area contributed by atoms with E-state index in [4.69, 9.17) is 4.74 Å². The number of carbonyl (C=O) groups is 1. The molecule has 0 saturated carbocycles. The summed E-state index contributed by atoms with van der Waals surface area (Å²) in [5, 5.41) is 5.95. The second-order valence-corrected chi connectivity index (χ2v) is 5.10. The average molecular weight is 282 g/mol. The number of amides is 1. The summed E-state index contributed by atoms with van der Waals surface area (Å²) in [6, 6.07) is 6.37. The summed E-state index contributed by atoms with van der Waals surface area (Å²) in [7, 11) is 1.64. The second kappa shape index (κ2) is 7.97. The Hall–Kier alpha value is -1.46. The molecular weight excluding hydrogens is 259 g/mol. The molecule has 0 bridgehead atoms. The van der Waals surface area contributed by atoms with Gasteiger partial charge in [0, 0.05) is 32.3 Å². The van der Waals surface area contributed by atoms with Gasteiger partial charge < -0.3 is 15.4 Å². The maximum Gasteiger partial charge on any atom is 0.230 e. The van der Waals surface area contributed by atoms with Gasteiger partial charge in [-0.2, -0.15) is 0 Å². The van der Waals surface area contributed by atoms with E-state index in [1.165, 1.54) is 6.07 Å². The fourth-order valence-corrected chi connectivity index (χ4v) is 1.88. The predicted molar refractivity (Wildman–Crippen MR) is 77.2 cm³/mol. The topological polar surface area (TPSA) is 50.4 Å². The van der Waals surface area contributed by atoms with Crippen LogP contribution in [0.5, 0.6) is 0 Å². The minimum absolute atomic E-state index is 0.184. The predicted octanol–water partition coefficient (Wildman–Crippen LogP) is 1.46. The minimum atomic E-state index is -0.891. The molecule has 0 saturated heterocycles. The van der Waals surface area contributed by atoms with Gasteiger partial charge in [0.25, 0.3) is 0 Å². The van der Waals surface area contributed by atoms with Gasteiger partial charge in [0.05, 0.1) is 12.0 Å². The molecule has 0 fully saturated rings. The molecule has 0 radical (unpaired) electrons. The van der Waals surface area contributed by atoms with Crippen molar-refractivity contribution in [3.05, 3.63) is 35.6 Å².